The minimum Gasteiger partial charge on any atom is -0.452 e. The number of aromatic nitrogens is 4. The Balaban J connectivity index is 1.03. The van der Waals surface area contributed by atoms with Gasteiger partial charge in [-0.15, -0.1) is 0 Å². The van der Waals surface area contributed by atoms with Crippen molar-refractivity contribution < 1.29 is 4.42 Å². The normalized spacial score (nSPS) is 11.8. The van der Waals surface area contributed by atoms with Crippen molar-refractivity contribution in [2.75, 3.05) is 0 Å². The van der Waals surface area contributed by atoms with Gasteiger partial charge in [-0.2, -0.15) is 0 Å². The van der Waals surface area contributed by atoms with E-state index in [1.165, 1.54) is 32.9 Å². The minimum atomic E-state index is 0.654. The number of furan rings is 1. The van der Waals surface area contributed by atoms with Crippen molar-refractivity contribution in [2.45, 2.75) is 0 Å². The van der Waals surface area contributed by atoms with E-state index >= 15 is 0 Å². The molecule has 0 bridgehead atoms. The lowest BCUT2D eigenvalue weighted by Gasteiger charge is -2.09. The molecule has 0 N–H and O–H groups in total. The van der Waals surface area contributed by atoms with Crippen molar-refractivity contribution in [3.8, 4) is 56.3 Å². The van der Waals surface area contributed by atoms with E-state index in [1.54, 1.807) is 0 Å². The van der Waals surface area contributed by atoms with Gasteiger partial charge in [0.05, 0.1) is 22.1 Å². The molecule has 0 fully saturated rings. The lowest BCUT2D eigenvalue weighted by atomic mass is 10.00. The molecule has 0 saturated heterocycles. The molecule has 294 valence electrons. The second kappa shape index (κ2) is 14.0. The Labute approximate surface area is 362 Å². The van der Waals surface area contributed by atoms with Gasteiger partial charge in [0.2, 0.25) is 0 Å². The van der Waals surface area contributed by atoms with E-state index in [9.17, 15) is 0 Å². The Morgan fingerprint density at radius 1 is 0.317 bits per heavy atom. The van der Waals surface area contributed by atoms with Crippen LogP contribution in [-0.2, 0) is 0 Å². The smallest absolute Gasteiger partial charge is 0.180 e. The number of rotatable bonds is 6. The van der Waals surface area contributed by atoms with Crippen molar-refractivity contribution in [2.24, 2.45) is 0 Å². The van der Waals surface area contributed by atoms with E-state index in [1.807, 2.05) is 24.3 Å². The molecule has 63 heavy (non-hydrogen) atoms. The zero-order valence-corrected chi connectivity index (χ0v) is 34.0. The first-order valence-corrected chi connectivity index (χ1v) is 21.3. The molecule has 5 nitrogen and oxygen atoms in total. The average Bonchev–Trinajstić information content (AvgIpc) is 4.00. The van der Waals surface area contributed by atoms with E-state index in [0.717, 1.165) is 77.6 Å². The lowest BCUT2D eigenvalue weighted by molar-refractivity contribution is 0.667. The van der Waals surface area contributed by atoms with Gasteiger partial charge in [0.25, 0.3) is 0 Å². The summed E-state index contributed by atoms with van der Waals surface area (Å²) in [6, 6.07) is 77.4. The van der Waals surface area contributed by atoms with Gasteiger partial charge in [-0.05, 0) is 82.9 Å². The van der Waals surface area contributed by atoms with Crippen LogP contribution < -0.4 is 0 Å². The maximum Gasteiger partial charge on any atom is 0.180 e. The van der Waals surface area contributed by atoms with E-state index in [-0.39, 0.29) is 0 Å². The van der Waals surface area contributed by atoms with E-state index in [2.05, 4.69) is 203 Å². The predicted molar refractivity (Wildman–Crippen MR) is 260 cm³/mol. The number of benzene rings is 9. The highest BCUT2D eigenvalue weighted by Gasteiger charge is 2.22. The van der Waals surface area contributed by atoms with Crippen molar-refractivity contribution >= 4 is 65.7 Å². The Bertz CT molecular complexity index is 3870. The summed E-state index contributed by atoms with van der Waals surface area (Å²) in [6.45, 7) is 0. The van der Waals surface area contributed by atoms with Crippen molar-refractivity contribution in [3.63, 3.8) is 0 Å². The fraction of sp³-hybridized carbons (Fsp3) is 0. The Morgan fingerprint density at radius 2 is 0.794 bits per heavy atom. The topological polar surface area (TPSA) is 48.8 Å². The van der Waals surface area contributed by atoms with E-state index < -0.39 is 0 Å². The molecule has 13 rings (SSSR count). The second-order valence-electron chi connectivity index (χ2n) is 16.2. The fourth-order valence-electron chi connectivity index (χ4n) is 9.56. The zero-order chi connectivity index (χ0) is 41.4. The fourth-order valence-corrected chi connectivity index (χ4v) is 9.56. The van der Waals surface area contributed by atoms with Crippen LogP contribution in [0.2, 0.25) is 0 Å². The van der Waals surface area contributed by atoms with Crippen LogP contribution in [-0.4, -0.2) is 19.1 Å². The van der Waals surface area contributed by atoms with Crippen molar-refractivity contribution in [1.29, 1.82) is 0 Å². The molecule has 0 saturated carbocycles. The van der Waals surface area contributed by atoms with Crippen LogP contribution in [0.5, 0.6) is 0 Å². The van der Waals surface area contributed by atoms with E-state index in [0.29, 0.717) is 11.4 Å². The van der Waals surface area contributed by atoms with Crippen LogP contribution in [0.15, 0.2) is 223 Å². The highest BCUT2D eigenvalue weighted by atomic mass is 16.3. The molecular weight excluding hydrogens is 769 g/mol. The molecule has 4 aromatic heterocycles. The Morgan fingerprint density at radius 3 is 1.44 bits per heavy atom. The zero-order valence-electron chi connectivity index (χ0n) is 34.0. The quantitative estimate of drug-likeness (QED) is 0.168. The largest absolute Gasteiger partial charge is 0.452 e. The molecule has 4 heterocycles. The highest BCUT2D eigenvalue weighted by molar-refractivity contribution is 6.18. The SMILES string of the molecule is c1ccc(-c2ccc(-c3nc(-c4ccccc4)c4oc5cc6c(cc5c4n3)c3cc(-c4ccc5c(c4)c4ccccc4n5-c4ccccc4)ccc3n6-c3ccccc3)cc2)cc1. The lowest BCUT2D eigenvalue weighted by Crippen LogP contribution is -1.94. The average molecular weight is 805 g/mol. The standard InChI is InChI=1S/C58H36N4O/c1-5-15-37(16-6-1)38-25-27-40(28-26-38)58-59-55(39-17-7-2-8-18-39)57-56(60-58)49-35-48-47-34-42(30-32-52(47)62(44-21-11-4-12-22-44)53(48)36-54(49)63-57)41-29-31-51-46(33-41)45-23-13-14-24-50(45)61(51)43-19-9-3-10-20-43/h1-36H. The van der Waals surface area contributed by atoms with Crippen LogP contribution in [0.4, 0.5) is 0 Å². The molecule has 0 spiro atoms. The Kier molecular flexibility index (Phi) is 7.84. The molecule has 5 heteroatoms. The summed E-state index contributed by atoms with van der Waals surface area (Å²) in [5, 5.41) is 5.69. The molecule has 0 unspecified atom stereocenters. The van der Waals surface area contributed by atoms with Gasteiger partial charge in [0, 0.05) is 55.5 Å². The summed E-state index contributed by atoms with van der Waals surface area (Å²) >= 11 is 0. The van der Waals surface area contributed by atoms with Crippen LogP contribution >= 0.6 is 0 Å². The molecular formula is C58H36N4O. The number of para-hydroxylation sites is 3. The first-order valence-electron chi connectivity index (χ1n) is 21.3. The molecule has 0 aliphatic carbocycles. The summed E-state index contributed by atoms with van der Waals surface area (Å²) in [5.41, 5.74) is 16.4. The molecule has 0 radical (unpaired) electrons. The van der Waals surface area contributed by atoms with Crippen LogP contribution in [0, 0.1) is 0 Å². The van der Waals surface area contributed by atoms with Crippen molar-refractivity contribution in [1.82, 2.24) is 19.1 Å². The third-order valence-electron chi connectivity index (χ3n) is 12.5. The monoisotopic (exact) mass is 804 g/mol. The first kappa shape index (κ1) is 35.2. The van der Waals surface area contributed by atoms with Crippen molar-refractivity contribution in [3.05, 3.63) is 218 Å². The predicted octanol–water partition coefficient (Wildman–Crippen LogP) is 15.2. The summed E-state index contributed by atoms with van der Waals surface area (Å²) < 4.78 is 11.6. The van der Waals surface area contributed by atoms with Gasteiger partial charge in [0.15, 0.2) is 11.4 Å². The molecule has 9 aromatic carbocycles. The summed E-state index contributed by atoms with van der Waals surface area (Å²) in [6.07, 6.45) is 0. The van der Waals surface area contributed by atoms with Crippen LogP contribution in [0.25, 0.3) is 122 Å². The van der Waals surface area contributed by atoms with Gasteiger partial charge in [-0.1, -0.05) is 152 Å². The molecule has 0 aliphatic heterocycles. The van der Waals surface area contributed by atoms with Gasteiger partial charge in [0.1, 0.15) is 16.8 Å². The maximum absolute atomic E-state index is 6.86. The number of fused-ring (bicyclic) bond motifs is 9. The van der Waals surface area contributed by atoms with Crippen LogP contribution in [0.3, 0.4) is 0 Å². The number of nitrogens with zero attached hydrogens (tertiary/aromatic N) is 4. The summed E-state index contributed by atoms with van der Waals surface area (Å²) in [7, 11) is 0. The van der Waals surface area contributed by atoms with Gasteiger partial charge in [-0.25, -0.2) is 9.97 Å². The summed E-state index contributed by atoms with van der Waals surface area (Å²) in [4.78, 5) is 10.5. The molecule has 0 amide bonds. The van der Waals surface area contributed by atoms with Gasteiger partial charge >= 0.3 is 0 Å². The molecule has 0 atom stereocenters. The summed E-state index contributed by atoms with van der Waals surface area (Å²) in [5.74, 6) is 0.654. The third kappa shape index (κ3) is 5.64. The second-order valence-corrected chi connectivity index (χ2v) is 16.2. The molecule has 13 aromatic rings. The van der Waals surface area contributed by atoms with Crippen LogP contribution in [0.1, 0.15) is 0 Å². The molecule has 0 aliphatic rings. The maximum atomic E-state index is 6.86. The van der Waals surface area contributed by atoms with Gasteiger partial charge in [-0.3, -0.25) is 0 Å². The number of hydrogen-bond acceptors (Lipinski definition) is 3. The number of hydrogen-bond donors (Lipinski definition) is 0. The first-order chi connectivity index (χ1) is 31.2. The van der Waals surface area contributed by atoms with Gasteiger partial charge < -0.3 is 13.6 Å². The minimum absolute atomic E-state index is 0.654. The Hall–Kier alpha value is -8.54. The van der Waals surface area contributed by atoms with E-state index in [4.69, 9.17) is 14.4 Å². The third-order valence-corrected chi connectivity index (χ3v) is 12.5. The highest BCUT2D eigenvalue weighted by Crippen LogP contribution is 2.42.